The molecule has 0 unspecified atom stereocenters. The van der Waals surface area contributed by atoms with Gasteiger partial charge in [-0.15, -0.1) is 0 Å². The zero-order valence-electron chi connectivity index (χ0n) is 18.5. The molecule has 0 aromatic heterocycles. The van der Waals surface area contributed by atoms with Crippen molar-refractivity contribution in [3.8, 4) is 0 Å². The zero-order valence-corrected chi connectivity index (χ0v) is 19.3. The van der Waals surface area contributed by atoms with E-state index in [1.54, 1.807) is 24.0 Å². The molecule has 2 N–H and O–H groups in total. The standard InChI is InChI=1S/C23H28N4O5S/c1-17(24-18-5-2-7-20(15-18)27-10-4-9-22(27)28)23(29)25-19-6-3-8-21(16-19)33(30,31)26-11-13-32-14-12-26/h2-3,5-8,15-17,24H,4,9-14H2,1H3,(H,25,29)/t17-/m0/s1. The molecule has 2 heterocycles. The summed E-state index contributed by atoms with van der Waals surface area (Å²) in [5, 5.41) is 5.93. The van der Waals surface area contributed by atoms with E-state index in [4.69, 9.17) is 4.74 Å². The summed E-state index contributed by atoms with van der Waals surface area (Å²) >= 11 is 0. The molecule has 0 saturated carbocycles. The van der Waals surface area contributed by atoms with Crippen molar-refractivity contribution in [2.75, 3.05) is 48.4 Å². The van der Waals surface area contributed by atoms with Crippen molar-refractivity contribution in [2.45, 2.75) is 30.7 Å². The highest BCUT2D eigenvalue weighted by atomic mass is 32.2. The quantitative estimate of drug-likeness (QED) is 0.640. The summed E-state index contributed by atoms with van der Waals surface area (Å²) in [6.45, 7) is 3.77. The first-order valence-corrected chi connectivity index (χ1v) is 12.4. The molecule has 2 amide bonds. The molecule has 1 atom stereocenters. The minimum atomic E-state index is -3.65. The molecular formula is C23H28N4O5S. The molecular weight excluding hydrogens is 444 g/mol. The molecule has 0 bridgehead atoms. The van der Waals surface area contributed by atoms with Gasteiger partial charge in [-0.05, 0) is 49.7 Å². The number of hydrogen-bond acceptors (Lipinski definition) is 6. The van der Waals surface area contributed by atoms with E-state index < -0.39 is 16.1 Å². The lowest BCUT2D eigenvalue weighted by molar-refractivity contribution is -0.117. The zero-order chi connectivity index (χ0) is 23.4. The fraction of sp³-hybridized carbons (Fsp3) is 0.391. The fourth-order valence-electron chi connectivity index (χ4n) is 3.92. The topological polar surface area (TPSA) is 108 Å². The maximum absolute atomic E-state index is 12.9. The van der Waals surface area contributed by atoms with E-state index in [2.05, 4.69) is 10.6 Å². The van der Waals surface area contributed by atoms with E-state index in [-0.39, 0.29) is 16.7 Å². The van der Waals surface area contributed by atoms with Crippen LogP contribution >= 0.6 is 0 Å². The summed E-state index contributed by atoms with van der Waals surface area (Å²) in [5.41, 5.74) is 1.93. The smallest absolute Gasteiger partial charge is 0.246 e. The van der Waals surface area contributed by atoms with Gasteiger partial charge in [0.05, 0.1) is 18.1 Å². The van der Waals surface area contributed by atoms with Gasteiger partial charge in [-0.3, -0.25) is 9.59 Å². The van der Waals surface area contributed by atoms with Crippen LogP contribution < -0.4 is 15.5 Å². The molecule has 33 heavy (non-hydrogen) atoms. The monoisotopic (exact) mass is 472 g/mol. The highest BCUT2D eigenvalue weighted by Crippen LogP contribution is 2.25. The van der Waals surface area contributed by atoms with Crippen LogP contribution in [0.4, 0.5) is 17.1 Å². The molecule has 2 saturated heterocycles. The largest absolute Gasteiger partial charge is 0.379 e. The first-order valence-electron chi connectivity index (χ1n) is 11.0. The molecule has 9 nitrogen and oxygen atoms in total. The average molecular weight is 473 g/mol. The Morgan fingerprint density at radius 3 is 2.48 bits per heavy atom. The van der Waals surface area contributed by atoms with Gasteiger partial charge in [0.1, 0.15) is 6.04 Å². The third-order valence-electron chi connectivity index (χ3n) is 5.72. The van der Waals surface area contributed by atoms with Gasteiger partial charge in [-0.1, -0.05) is 12.1 Å². The molecule has 0 radical (unpaired) electrons. The summed E-state index contributed by atoms with van der Waals surface area (Å²) in [6.07, 6.45) is 1.40. The lowest BCUT2D eigenvalue weighted by Gasteiger charge is -2.26. The number of morpholine rings is 1. The maximum Gasteiger partial charge on any atom is 0.246 e. The number of rotatable bonds is 7. The van der Waals surface area contributed by atoms with Crippen molar-refractivity contribution < 1.29 is 22.7 Å². The summed E-state index contributed by atoms with van der Waals surface area (Å²) in [6, 6.07) is 13.1. The predicted molar refractivity (Wildman–Crippen MR) is 126 cm³/mol. The van der Waals surface area contributed by atoms with Crippen molar-refractivity contribution in [1.29, 1.82) is 0 Å². The number of sulfonamides is 1. The molecule has 2 aliphatic heterocycles. The molecule has 2 aromatic carbocycles. The van der Waals surface area contributed by atoms with Crippen LogP contribution in [0.3, 0.4) is 0 Å². The Hall–Kier alpha value is -2.95. The molecule has 10 heteroatoms. The molecule has 176 valence electrons. The van der Waals surface area contributed by atoms with Crippen LogP contribution in [-0.4, -0.2) is 63.4 Å². The Morgan fingerprint density at radius 1 is 1.03 bits per heavy atom. The Balaban J connectivity index is 1.41. The fourth-order valence-corrected chi connectivity index (χ4v) is 5.38. The number of carbonyl (C=O) groups is 2. The highest BCUT2D eigenvalue weighted by molar-refractivity contribution is 7.89. The van der Waals surface area contributed by atoms with Gasteiger partial charge in [0.15, 0.2) is 0 Å². The number of anilines is 3. The number of nitrogens with one attached hydrogen (secondary N) is 2. The molecule has 0 aliphatic carbocycles. The van der Waals surface area contributed by atoms with Crippen molar-refractivity contribution in [3.63, 3.8) is 0 Å². The van der Waals surface area contributed by atoms with E-state index in [0.29, 0.717) is 45.0 Å². The van der Waals surface area contributed by atoms with E-state index >= 15 is 0 Å². The summed E-state index contributed by atoms with van der Waals surface area (Å²) in [5.74, 6) is -0.205. The number of amides is 2. The number of ether oxygens (including phenoxy) is 1. The SMILES string of the molecule is C[C@H](Nc1cccc(N2CCCC2=O)c1)C(=O)Nc1cccc(S(=O)(=O)N2CCOCC2)c1. The summed E-state index contributed by atoms with van der Waals surface area (Å²) < 4.78 is 32.4. The lowest BCUT2D eigenvalue weighted by Crippen LogP contribution is -2.40. The third kappa shape index (κ3) is 5.35. The van der Waals surface area contributed by atoms with Gasteiger partial charge in [0.25, 0.3) is 0 Å². The predicted octanol–water partition coefficient (Wildman–Crippen LogP) is 2.27. The van der Waals surface area contributed by atoms with Crippen LogP contribution in [0.5, 0.6) is 0 Å². The summed E-state index contributed by atoms with van der Waals surface area (Å²) in [7, 11) is -3.65. The minimum absolute atomic E-state index is 0.102. The van der Waals surface area contributed by atoms with Crippen LogP contribution in [0.2, 0.25) is 0 Å². The van der Waals surface area contributed by atoms with Crippen LogP contribution in [0.15, 0.2) is 53.4 Å². The van der Waals surface area contributed by atoms with Crippen LogP contribution in [0.1, 0.15) is 19.8 Å². The van der Waals surface area contributed by atoms with Crippen LogP contribution in [0, 0.1) is 0 Å². The van der Waals surface area contributed by atoms with Gasteiger partial charge >= 0.3 is 0 Å². The second-order valence-electron chi connectivity index (χ2n) is 8.10. The van der Waals surface area contributed by atoms with Crippen molar-refractivity contribution in [3.05, 3.63) is 48.5 Å². The van der Waals surface area contributed by atoms with E-state index in [1.807, 2.05) is 24.3 Å². The molecule has 0 spiro atoms. The molecule has 4 rings (SSSR count). The first kappa shape index (κ1) is 23.2. The number of carbonyl (C=O) groups excluding carboxylic acids is 2. The second-order valence-corrected chi connectivity index (χ2v) is 10.0. The second kappa shape index (κ2) is 9.90. The van der Waals surface area contributed by atoms with Gasteiger partial charge in [0.2, 0.25) is 21.8 Å². The number of hydrogen-bond donors (Lipinski definition) is 2. The van der Waals surface area contributed by atoms with Crippen LogP contribution in [0.25, 0.3) is 0 Å². The normalized spacial score (nSPS) is 18.2. The highest BCUT2D eigenvalue weighted by Gasteiger charge is 2.27. The van der Waals surface area contributed by atoms with E-state index in [0.717, 1.165) is 17.8 Å². The Morgan fingerprint density at radius 2 is 1.76 bits per heavy atom. The maximum atomic E-state index is 12.9. The van der Waals surface area contributed by atoms with Gasteiger partial charge < -0.3 is 20.3 Å². The van der Waals surface area contributed by atoms with E-state index in [9.17, 15) is 18.0 Å². The molecule has 2 aliphatic rings. The Kier molecular flexibility index (Phi) is 6.96. The van der Waals surface area contributed by atoms with Crippen molar-refractivity contribution in [1.82, 2.24) is 4.31 Å². The third-order valence-corrected chi connectivity index (χ3v) is 7.61. The van der Waals surface area contributed by atoms with Gasteiger partial charge in [-0.2, -0.15) is 4.31 Å². The minimum Gasteiger partial charge on any atom is -0.379 e. The van der Waals surface area contributed by atoms with Crippen molar-refractivity contribution in [2.24, 2.45) is 0 Å². The summed E-state index contributed by atoms with van der Waals surface area (Å²) in [4.78, 5) is 26.6. The van der Waals surface area contributed by atoms with E-state index in [1.165, 1.54) is 16.4 Å². The Bertz CT molecular complexity index is 1130. The van der Waals surface area contributed by atoms with Crippen LogP contribution in [-0.2, 0) is 24.3 Å². The first-order chi connectivity index (χ1) is 15.8. The Labute approximate surface area is 193 Å². The lowest BCUT2D eigenvalue weighted by atomic mass is 10.2. The number of benzene rings is 2. The number of nitrogens with zero attached hydrogens (tertiary/aromatic N) is 2. The van der Waals surface area contributed by atoms with Gasteiger partial charge in [-0.25, -0.2) is 8.42 Å². The average Bonchev–Trinajstić information content (AvgIpc) is 3.26. The van der Waals surface area contributed by atoms with Crippen molar-refractivity contribution >= 4 is 38.9 Å². The molecule has 2 fully saturated rings. The van der Waals surface area contributed by atoms with Gasteiger partial charge in [0, 0.05) is 43.1 Å². The molecule has 2 aromatic rings.